The van der Waals surface area contributed by atoms with Crippen LogP contribution in [0.15, 0.2) is 42.5 Å². The molecule has 0 bridgehead atoms. The number of aromatic nitrogens is 1. The Morgan fingerprint density at radius 3 is 2.81 bits per heavy atom. The van der Waals surface area contributed by atoms with E-state index in [0.717, 1.165) is 32.1 Å². The predicted molar refractivity (Wildman–Crippen MR) is 86.0 cm³/mol. The Kier molecular flexibility index (Phi) is 3.90. The largest absolute Gasteiger partial charge is 0.496 e. The molecule has 3 rings (SSSR count). The van der Waals surface area contributed by atoms with Crippen molar-refractivity contribution in [3.63, 3.8) is 0 Å². The molecule has 1 aromatic heterocycles. The second-order valence-electron chi connectivity index (χ2n) is 5.04. The number of benzene rings is 2. The number of hydrogen-bond acceptors (Lipinski definition) is 4. The number of methoxy groups -OCH3 is 1. The molecule has 1 unspecified atom stereocenters. The number of aliphatic hydroxyl groups excluding tert-OH is 1. The summed E-state index contributed by atoms with van der Waals surface area (Å²) < 4.78 is 6.52. The van der Waals surface area contributed by atoms with Crippen molar-refractivity contribution >= 4 is 21.6 Å². The first-order valence-corrected chi connectivity index (χ1v) is 7.66. The zero-order chi connectivity index (χ0) is 14.8. The highest BCUT2D eigenvalue weighted by Crippen LogP contribution is 2.31. The smallest absolute Gasteiger partial charge is 0.124 e. The minimum atomic E-state index is -0.610. The van der Waals surface area contributed by atoms with Crippen LogP contribution in [-0.2, 0) is 6.42 Å². The molecule has 3 aromatic rings. The van der Waals surface area contributed by atoms with Crippen molar-refractivity contribution in [3.8, 4) is 5.75 Å². The van der Waals surface area contributed by atoms with Gasteiger partial charge in [-0.25, -0.2) is 4.98 Å². The van der Waals surface area contributed by atoms with E-state index in [-0.39, 0.29) is 0 Å². The molecular weight excluding hydrogens is 282 g/mol. The summed E-state index contributed by atoms with van der Waals surface area (Å²) in [5.74, 6) is 0.726. The molecule has 1 atom stereocenters. The third kappa shape index (κ3) is 2.91. The molecule has 0 spiro atoms. The molecule has 1 N–H and O–H groups in total. The van der Waals surface area contributed by atoms with E-state index < -0.39 is 6.10 Å². The first-order chi connectivity index (χ1) is 10.2. The van der Waals surface area contributed by atoms with Crippen LogP contribution >= 0.6 is 11.3 Å². The summed E-state index contributed by atoms with van der Waals surface area (Å²) in [5, 5.41) is 11.4. The summed E-state index contributed by atoms with van der Waals surface area (Å²) in [4.78, 5) is 4.57. The Bertz CT molecular complexity index is 733. The zero-order valence-corrected chi connectivity index (χ0v) is 12.9. The number of para-hydroxylation sites is 1. The number of ether oxygens (including phenoxy) is 1. The molecule has 0 amide bonds. The lowest BCUT2D eigenvalue weighted by Crippen LogP contribution is -2.04. The second kappa shape index (κ2) is 5.84. The quantitative estimate of drug-likeness (QED) is 0.794. The van der Waals surface area contributed by atoms with Gasteiger partial charge in [0.1, 0.15) is 5.75 Å². The lowest BCUT2D eigenvalue weighted by atomic mass is 10.0. The van der Waals surface area contributed by atoms with E-state index in [9.17, 15) is 5.11 Å². The SMILES string of the molecule is COc1cc(C)ccc1C(O)Cc1nc2ccccc2s1. The molecule has 108 valence electrons. The van der Waals surface area contributed by atoms with Crippen molar-refractivity contribution in [3.05, 3.63) is 58.6 Å². The highest BCUT2D eigenvalue weighted by molar-refractivity contribution is 7.18. The topological polar surface area (TPSA) is 42.4 Å². The molecule has 0 aliphatic carbocycles. The Balaban J connectivity index is 1.87. The fourth-order valence-electron chi connectivity index (χ4n) is 2.38. The molecule has 0 aliphatic heterocycles. The third-order valence-electron chi connectivity index (χ3n) is 3.45. The van der Waals surface area contributed by atoms with Gasteiger partial charge in [-0.05, 0) is 30.7 Å². The van der Waals surface area contributed by atoms with Crippen LogP contribution < -0.4 is 4.74 Å². The van der Waals surface area contributed by atoms with Gasteiger partial charge in [0.25, 0.3) is 0 Å². The van der Waals surface area contributed by atoms with Crippen molar-refractivity contribution in [1.29, 1.82) is 0 Å². The highest BCUT2D eigenvalue weighted by Gasteiger charge is 2.16. The van der Waals surface area contributed by atoms with Crippen molar-refractivity contribution in [2.45, 2.75) is 19.4 Å². The van der Waals surface area contributed by atoms with Crippen LogP contribution in [0.25, 0.3) is 10.2 Å². The van der Waals surface area contributed by atoms with E-state index in [1.165, 1.54) is 0 Å². The Morgan fingerprint density at radius 2 is 2.05 bits per heavy atom. The molecule has 1 heterocycles. The summed E-state index contributed by atoms with van der Waals surface area (Å²) in [6, 6.07) is 13.9. The Labute approximate surface area is 127 Å². The number of fused-ring (bicyclic) bond motifs is 1. The Hall–Kier alpha value is -1.91. The molecular formula is C17H17NO2S. The molecule has 0 saturated heterocycles. The molecule has 0 fully saturated rings. The maximum Gasteiger partial charge on any atom is 0.124 e. The van der Waals surface area contributed by atoms with Crippen LogP contribution in [0.2, 0.25) is 0 Å². The number of rotatable bonds is 4. The van der Waals surface area contributed by atoms with E-state index in [0.29, 0.717) is 6.42 Å². The number of aliphatic hydroxyl groups is 1. The molecule has 21 heavy (non-hydrogen) atoms. The summed E-state index contributed by atoms with van der Waals surface area (Å²) in [5.41, 5.74) is 2.91. The lowest BCUT2D eigenvalue weighted by molar-refractivity contribution is 0.174. The maximum atomic E-state index is 10.5. The average Bonchev–Trinajstić information content (AvgIpc) is 2.88. The fourth-order valence-corrected chi connectivity index (χ4v) is 3.38. The number of nitrogens with zero attached hydrogens (tertiary/aromatic N) is 1. The van der Waals surface area contributed by atoms with Gasteiger partial charge in [-0.1, -0.05) is 24.3 Å². The third-order valence-corrected chi connectivity index (χ3v) is 4.51. The van der Waals surface area contributed by atoms with Crippen LogP contribution in [0.3, 0.4) is 0 Å². The average molecular weight is 299 g/mol. The van der Waals surface area contributed by atoms with Crippen LogP contribution in [-0.4, -0.2) is 17.2 Å². The van der Waals surface area contributed by atoms with Crippen LogP contribution in [0, 0.1) is 6.92 Å². The summed E-state index contributed by atoms with van der Waals surface area (Å²) >= 11 is 1.62. The van der Waals surface area contributed by atoms with Gasteiger partial charge < -0.3 is 9.84 Å². The van der Waals surface area contributed by atoms with E-state index in [4.69, 9.17) is 4.74 Å². The zero-order valence-electron chi connectivity index (χ0n) is 12.0. The van der Waals surface area contributed by atoms with Crippen molar-refractivity contribution in [2.75, 3.05) is 7.11 Å². The van der Waals surface area contributed by atoms with Crippen molar-refractivity contribution in [2.24, 2.45) is 0 Å². The van der Waals surface area contributed by atoms with E-state index in [1.54, 1.807) is 18.4 Å². The first kappa shape index (κ1) is 14.0. The molecule has 0 aliphatic rings. The van der Waals surface area contributed by atoms with E-state index >= 15 is 0 Å². The summed E-state index contributed by atoms with van der Waals surface area (Å²) in [6.45, 7) is 2.01. The minimum absolute atomic E-state index is 0.499. The van der Waals surface area contributed by atoms with Gasteiger partial charge in [0.15, 0.2) is 0 Å². The van der Waals surface area contributed by atoms with Gasteiger partial charge in [-0.3, -0.25) is 0 Å². The van der Waals surface area contributed by atoms with Gasteiger partial charge in [0.05, 0.1) is 28.4 Å². The number of hydrogen-bond donors (Lipinski definition) is 1. The van der Waals surface area contributed by atoms with Crippen LogP contribution in [0.4, 0.5) is 0 Å². The minimum Gasteiger partial charge on any atom is -0.496 e. The number of thiazole rings is 1. The van der Waals surface area contributed by atoms with Gasteiger partial charge in [-0.15, -0.1) is 11.3 Å². The van der Waals surface area contributed by atoms with Gasteiger partial charge in [0.2, 0.25) is 0 Å². The number of aryl methyl sites for hydroxylation is 1. The van der Waals surface area contributed by atoms with Crippen molar-refractivity contribution in [1.82, 2.24) is 4.98 Å². The normalized spacial score (nSPS) is 12.5. The van der Waals surface area contributed by atoms with Crippen LogP contribution in [0.1, 0.15) is 22.2 Å². The second-order valence-corrected chi connectivity index (χ2v) is 6.16. The van der Waals surface area contributed by atoms with E-state index in [1.807, 2.05) is 43.3 Å². The van der Waals surface area contributed by atoms with Gasteiger partial charge in [-0.2, -0.15) is 0 Å². The predicted octanol–water partition coefficient (Wildman–Crippen LogP) is 3.89. The van der Waals surface area contributed by atoms with Crippen molar-refractivity contribution < 1.29 is 9.84 Å². The van der Waals surface area contributed by atoms with Crippen LogP contribution in [0.5, 0.6) is 5.75 Å². The standard InChI is InChI=1S/C17H17NO2S/c1-11-7-8-12(15(9-11)20-2)14(19)10-17-18-13-5-3-4-6-16(13)21-17/h3-9,14,19H,10H2,1-2H3. The van der Waals surface area contributed by atoms with Gasteiger partial charge >= 0.3 is 0 Å². The first-order valence-electron chi connectivity index (χ1n) is 6.84. The molecule has 0 radical (unpaired) electrons. The molecule has 4 heteroatoms. The summed E-state index contributed by atoms with van der Waals surface area (Å²) in [6.07, 6.45) is -0.111. The lowest BCUT2D eigenvalue weighted by Gasteiger charge is -2.14. The summed E-state index contributed by atoms with van der Waals surface area (Å²) in [7, 11) is 1.63. The van der Waals surface area contributed by atoms with Gasteiger partial charge in [0, 0.05) is 12.0 Å². The Morgan fingerprint density at radius 1 is 1.24 bits per heavy atom. The maximum absolute atomic E-state index is 10.5. The monoisotopic (exact) mass is 299 g/mol. The molecule has 3 nitrogen and oxygen atoms in total. The fraction of sp³-hybridized carbons (Fsp3) is 0.235. The van der Waals surface area contributed by atoms with E-state index in [2.05, 4.69) is 11.1 Å². The highest BCUT2D eigenvalue weighted by atomic mass is 32.1. The molecule has 2 aromatic carbocycles. The molecule has 0 saturated carbocycles.